The molecule has 146 valence electrons. The molecule has 1 N–H and O–H groups in total. The molecule has 0 spiro atoms. The Morgan fingerprint density at radius 3 is 2.61 bits per heavy atom. The van der Waals surface area contributed by atoms with Crippen molar-refractivity contribution in [3.63, 3.8) is 0 Å². The number of amides is 1. The van der Waals surface area contributed by atoms with Gasteiger partial charge in [-0.05, 0) is 36.8 Å². The Hall–Kier alpha value is -2.51. The van der Waals surface area contributed by atoms with Crippen LogP contribution in [0.1, 0.15) is 24.4 Å². The predicted molar refractivity (Wildman–Crippen MR) is 111 cm³/mol. The molecule has 8 heteroatoms. The smallest absolute Gasteiger partial charge is 0.230 e. The molecule has 0 saturated carbocycles. The van der Waals surface area contributed by atoms with Gasteiger partial charge in [0, 0.05) is 12.1 Å². The molecule has 0 radical (unpaired) electrons. The number of hydrogen-bond donors (Lipinski definition) is 1. The van der Waals surface area contributed by atoms with Crippen molar-refractivity contribution in [2.75, 3.05) is 5.75 Å². The number of halogens is 1. The average Bonchev–Trinajstić information content (AvgIpc) is 3.06. The summed E-state index contributed by atoms with van der Waals surface area (Å²) >= 11 is 7.21. The summed E-state index contributed by atoms with van der Waals surface area (Å²) in [5.74, 6) is 1.59. The average molecular weight is 417 g/mol. The summed E-state index contributed by atoms with van der Waals surface area (Å²) in [4.78, 5) is 12.2. The quantitative estimate of drug-likeness (QED) is 0.562. The fraction of sp³-hybridized carbons (Fsp3) is 0.250. The van der Waals surface area contributed by atoms with E-state index in [2.05, 4.69) is 15.5 Å². The van der Waals surface area contributed by atoms with Gasteiger partial charge in [0.1, 0.15) is 12.4 Å². The number of thioether (sulfide) groups is 1. The van der Waals surface area contributed by atoms with Crippen molar-refractivity contribution in [3.05, 3.63) is 71.0 Å². The number of rotatable bonds is 8. The van der Waals surface area contributed by atoms with Crippen LogP contribution in [-0.2, 0) is 18.4 Å². The van der Waals surface area contributed by atoms with Crippen LogP contribution in [0, 0.1) is 0 Å². The summed E-state index contributed by atoms with van der Waals surface area (Å²) in [5.41, 5.74) is 1.07. The number of carbonyl (C=O) groups is 1. The molecule has 0 aliphatic carbocycles. The van der Waals surface area contributed by atoms with Crippen LogP contribution in [0.25, 0.3) is 0 Å². The summed E-state index contributed by atoms with van der Waals surface area (Å²) in [7, 11) is 1.85. The van der Waals surface area contributed by atoms with Crippen LogP contribution in [0.5, 0.6) is 5.75 Å². The normalized spacial score (nSPS) is 11.8. The van der Waals surface area contributed by atoms with Gasteiger partial charge in [0.15, 0.2) is 11.0 Å². The van der Waals surface area contributed by atoms with Crippen molar-refractivity contribution in [2.45, 2.75) is 24.7 Å². The van der Waals surface area contributed by atoms with Gasteiger partial charge in [-0.1, -0.05) is 53.7 Å². The van der Waals surface area contributed by atoms with Crippen LogP contribution in [-0.4, -0.2) is 26.4 Å². The molecule has 0 aliphatic rings. The van der Waals surface area contributed by atoms with Crippen molar-refractivity contribution in [1.29, 1.82) is 0 Å². The highest BCUT2D eigenvalue weighted by Crippen LogP contribution is 2.19. The second kappa shape index (κ2) is 9.61. The van der Waals surface area contributed by atoms with E-state index in [9.17, 15) is 4.79 Å². The summed E-state index contributed by atoms with van der Waals surface area (Å²) < 4.78 is 7.53. The second-order valence-corrected chi connectivity index (χ2v) is 7.57. The van der Waals surface area contributed by atoms with Crippen LogP contribution < -0.4 is 10.1 Å². The molecule has 1 heterocycles. The minimum absolute atomic E-state index is 0.0443. The van der Waals surface area contributed by atoms with E-state index >= 15 is 0 Å². The summed E-state index contributed by atoms with van der Waals surface area (Å²) in [6.45, 7) is 2.25. The Balaban J connectivity index is 1.49. The molecule has 1 amide bonds. The fourth-order valence-corrected chi connectivity index (χ4v) is 3.38. The molecule has 0 fully saturated rings. The molecular formula is C20H21ClN4O2S. The molecule has 1 atom stereocenters. The van der Waals surface area contributed by atoms with Crippen LogP contribution in [0.2, 0.25) is 5.02 Å². The van der Waals surface area contributed by atoms with Gasteiger partial charge >= 0.3 is 0 Å². The second-order valence-electron chi connectivity index (χ2n) is 6.19. The van der Waals surface area contributed by atoms with E-state index in [0.29, 0.717) is 21.8 Å². The standard InChI is InChI=1S/C20H21ClN4O2S/c1-14(15-6-4-3-5-7-15)22-19(26)13-28-20-24-23-18(25(20)2)12-27-17-10-8-16(21)9-11-17/h3-11,14H,12-13H2,1-2H3,(H,22,26)/t14-/m0/s1. The van der Waals surface area contributed by atoms with Crippen LogP contribution in [0.15, 0.2) is 59.8 Å². The molecule has 28 heavy (non-hydrogen) atoms. The van der Waals surface area contributed by atoms with Gasteiger partial charge in [0.25, 0.3) is 0 Å². The zero-order chi connectivity index (χ0) is 19.9. The van der Waals surface area contributed by atoms with Gasteiger partial charge in [-0.3, -0.25) is 4.79 Å². The first-order valence-electron chi connectivity index (χ1n) is 8.76. The maximum Gasteiger partial charge on any atom is 0.230 e. The molecule has 1 aromatic heterocycles. The lowest BCUT2D eigenvalue weighted by Gasteiger charge is -2.14. The number of nitrogens with one attached hydrogen (secondary N) is 1. The molecule has 0 saturated heterocycles. The third-order valence-corrected chi connectivity index (χ3v) is 5.39. The van der Waals surface area contributed by atoms with E-state index < -0.39 is 0 Å². The summed E-state index contributed by atoms with van der Waals surface area (Å²) in [6, 6.07) is 16.9. The Morgan fingerprint density at radius 1 is 1.18 bits per heavy atom. The molecule has 6 nitrogen and oxygen atoms in total. The third-order valence-electron chi connectivity index (χ3n) is 4.12. The molecule has 3 aromatic rings. The SMILES string of the molecule is C[C@H](NC(=O)CSc1nnc(COc2ccc(Cl)cc2)n1C)c1ccccc1. The van der Waals surface area contributed by atoms with Crippen LogP contribution >= 0.6 is 23.4 Å². The van der Waals surface area contributed by atoms with Crippen LogP contribution in [0.4, 0.5) is 0 Å². The Labute approximate surface area is 173 Å². The Bertz CT molecular complexity index is 916. The van der Waals surface area contributed by atoms with Crippen molar-refractivity contribution in [2.24, 2.45) is 7.05 Å². The molecule has 0 aliphatic heterocycles. The Kier molecular flexibility index (Phi) is 6.95. The maximum atomic E-state index is 12.2. The highest BCUT2D eigenvalue weighted by molar-refractivity contribution is 7.99. The van der Waals surface area contributed by atoms with E-state index in [1.165, 1.54) is 11.8 Å². The molecule has 0 unspecified atom stereocenters. The topological polar surface area (TPSA) is 69.0 Å². The lowest BCUT2D eigenvalue weighted by Crippen LogP contribution is -2.28. The van der Waals surface area contributed by atoms with E-state index in [0.717, 1.165) is 5.56 Å². The highest BCUT2D eigenvalue weighted by Gasteiger charge is 2.14. The third kappa shape index (κ3) is 5.50. The van der Waals surface area contributed by atoms with Crippen molar-refractivity contribution < 1.29 is 9.53 Å². The highest BCUT2D eigenvalue weighted by atomic mass is 35.5. The van der Waals surface area contributed by atoms with E-state index in [-0.39, 0.29) is 24.3 Å². The number of aromatic nitrogens is 3. The number of nitrogens with zero attached hydrogens (tertiary/aromatic N) is 3. The van der Waals surface area contributed by atoms with E-state index in [4.69, 9.17) is 16.3 Å². The van der Waals surface area contributed by atoms with E-state index in [1.807, 2.05) is 48.9 Å². The molecule has 2 aromatic carbocycles. The fourth-order valence-electron chi connectivity index (χ4n) is 2.51. The largest absolute Gasteiger partial charge is 0.486 e. The predicted octanol–water partition coefficient (Wildman–Crippen LogP) is 4.02. The number of hydrogen-bond acceptors (Lipinski definition) is 5. The number of benzene rings is 2. The van der Waals surface area contributed by atoms with Gasteiger partial charge in [0.05, 0.1) is 11.8 Å². The lowest BCUT2D eigenvalue weighted by atomic mass is 10.1. The minimum Gasteiger partial charge on any atom is -0.486 e. The number of ether oxygens (including phenoxy) is 1. The first-order chi connectivity index (χ1) is 13.5. The van der Waals surface area contributed by atoms with Gasteiger partial charge in [-0.25, -0.2) is 0 Å². The van der Waals surface area contributed by atoms with Gasteiger partial charge in [-0.2, -0.15) is 0 Å². The lowest BCUT2D eigenvalue weighted by molar-refractivity contribution is -0.119. The zero-order valence-corrected chi connectivity index (χ0v) is 17.2. The van der Waals surface area contributed by atoms with Crippen LogP contribution in [0.3, 0.4) is 0 Å². The zero-order valence-electron chi connectivity index (χ0n) is 15.6. The molecule has 3 rings (SSSR count). The number of carbonyl (C=O) groups excluding carboxylic acids is 1. The minimum atomic E-state index is -0.0525. The van der Waals surface area contributed by atoms with Gasteiger partial charge in [-0.15, -0.1) is 10.2 Å². The molecule has 0 bridgehead atoms. The first-order valence-corrected chi connectivity index (χ1v) is 10.1. The monoisotopic (exact) mass is 416 g/mol. The van der Waals surface area contributed by atoms with Crippen molar-refractivity contribution >= 4 is 29.3 Å². The van der Waals surface area contributed by atoms with Crippen molar-refractivity contribution in [3.8, 4) is 5.75 Å². The first kappa shape index (κ1) is 20.2. The molecular weight excluding hydrogens is 396 g/mol. The Morgan fingerprint density at radius 2 is 1.89 bits per heavy atom. The van der Waals surface area contributed by atoms with Gasteiger partial charge < -0.3 is 14.6 Å². The summed E-state index contributed by atoms with van der Waals surface area (Å²) in [5, 5.41) is 12.6. The maximum absolute atomic E-state index is 12.2. The van der Waals surface area contributed by atoms with E-state index in [1.54, 1.807) is 24.3 Å². The van der Waals surface area contributed by atoms with Gasteiger partial charge in [0.2, 0.25) is 5.91 Å². The summed E-state index contributed by atoms with van der Waals surface area (Å²) in [6.07, 6.45) is 0. The van der Waals surface area contributed by atoms with Crippen molar-refractivity contribution in [1.82, 2.24) is 20.1 Å².